The third-order valence-electron chi connectivity index (χ3n) is 5.07. The monoisotopic (exact) mass is 432 g/mol. The molecule has 8 nitrogen and oxygen atoms in total. The van der Waals surface area contributed by atoms with Crippen LogP contribution < -0.4 is 24.7 Å². The fourth-order valence-electron chi connectivity index (χ4n) is 3.59. The Balaban J connectivity index is 1.95. The summed E-state index contributed by atoms with van der Waals surface area (Å²) in [5, 5.41) is 0.688. The molecule has 2 aromatic heterocycles. The van der Waals surface area contributed by atoms with Crippen molar-refractivity contribution in [1.82, 2.24) is 15.0 Å². The van der Waals surface area contributed by atoms with Gasteiger partial charge in [-0.2, -0.15) is 0 Å². The maximum absolute atomic E-state index is 6.22. The molecule has 164 valence electrons. The summed E-state index contributed by atoms with van der Waals surface area (Å²) in [4.78, 5) is 13.3. The van der Waals surface area contributed by atoms with Gasteiger partial charge in [-0.1, -0.05) is 12.1 Å². The molecule has 0 radical (unpaired) electrons. The second-order valence-electron chi connectivity index (χ2n) is 6.88. The lowest BCUT2D eigenvalue weighted by Gasteiger charge is -2.15. The molecule has 0 unspecified atom stereocenters. The molecule has 0 atom stereocenters. The maximum Gasteiger partial charge on any atom is 0.203 e. The van der Waals surface area contributed by atoms with E-state index >= 15 is 0 Å². The van der Waals surface area contributed by atoms with Gasteiger partial charge in [0.15, 0.2) is 17.1 Å². The second-order valence-corrected chi connectivity index (χ2v) is 6.88. The molecular weight excluding hydrogens is 408 g/mol. The minimum atomic E-state index is 0.364. The molecule has 2 aromatic carbocycles. The number of hydrogen-bond acceptors (Lipinski definition) is 8. The molecule has 2 heterocycles. The standard InChI is InChI=1S/C24H24N4O4/c1-5-32-16-8-6-14(7-9-16)17-12-18(28-24-21(17)23(25)26-13-27-24)15-10-19(29-2)22(31-4)20(11-15)30-3/h6-13H,5H2,1-4H3,(H2,25,26,27,28). The fraction of sp³-hybridized carbons (Fsp3) is 0.208. The van der Waals surface area contributed by atoms with E-state index in [9.17, 15) is 0 Å². The van der Waals surface area contributed by atoms with Gasteiger partial charge in [0.25, 0.3) is 0 Å². The van der Waals surface area contributed by atoms with Crippen LogP contribution in [0.2, 0.25) is 0 Å². The highest BCUT2D eigenvalue weighted by Crippen LogP contribution is 2.42. The third kappa shape index (κ3) is 3.82. The van der Waals surface area contributed by atoms with E-state index in [2.05, 4.69) is 9.97 Å². The fourth-order valence-corrected chi connectivity index (χ4v) is 3.59. The molecule has 0 spiro atoms. The third-order valence-corrected chi connectivity index (χ3v) is 5.07. The van der Waals surface area contributed by atoms with E-state index in [-0.39, 0.29) is 0 Å². The van der Waals surface area contributed by atoms with Crippen LogP contribution in [0, 0.1) is 0 Å². The molecule has 0 saturated carbocycles. The quantitative estimate of drug-likeness (QED) is 0.459. The number of nitrogens with zero attached hydrogens (tertiary/aromatic N) is 3. The van der Waals surface area contributed by atoms with Gasteiger partial charge in [-0.15, -0.1) is 0 Å². The smallest absolute Gasteiger partial charge is 0.203 e. The summed E-state index contributed by atoms with van der Waals surface area (Å²) < 4.78 is 22.0. The van der Waals surface area contributed by atoms with Gasteiger partial charge >= 0.3 is 0 Å². The zero-order chi connectivity index (χ0) is 22.7. The van der Waals surface area contributed by atoms with Crippen LogP contribution in [0.3, 0.4) is 0 Å². The number of methoxy groups -OCH3 is 3. The molecule has 4 rings (SSSR count). The molecule has 0 aliphatic carbocycles. The number of nitrogen functional groups attached to an aromatic ring is 1. The normalized spacial score (nSPS) is 10.8. The largest absolute Gasteiger partial charge is 0.494 e. The van der Waals surface area contributed by atoms with Gasteiger partial charge in [-0.25, -0.2) is 15.0 Å². The number of benzene rings is 2. The predicted octanol–water partition coefficient (Wildman–Crippen LogP) is 4.37. The van der Waals surface area contributed by atoms with Crippen molar-refractivity contribution in [3.8, 4) is 45.4 Å². The molecule has 0 aliphatic heterocycles. The maximum atomic E-state index is 6.22. The van der Waals surface area contributed by atoms with Crippen molar-refractivity contribution in [2.24, 2.45) is 0 Å². The molecule has 0 fully saturated rings. The number of pyridine rings is 1. The SMILES string of the molecule is CCOc1ccc(-c2cc(-c3cc(OC)c(OC)c(OC)c3)nc3ncnc(N)c23)cc1. The molecule has 2 N–H and O–H groups in total. The number of nitrogens with two attached hydrogens (primary N) is 1. The second kappa shape index (κ2) is 8.97. The first-order chi connectivity index (χ1) is 15.6. The van der Waals surface area contributed by atoms with E-state index in [0.29, 0.717) is 46.4 Å². The number of ether oxygens (including phenoxy) is 4. The summed E-state index contributed by atoms with van der Waals surface area (Å²) in [7, 11) is 4.72. The van der Waals surface area contributed by atoms with Crippen molar-refractivity contribution >= 4 is 16.9 Å². The minimum absolute atomic E-state index is 0.364. The van der Waals surface area contributed by atoms with E-state index in [4.69, 9.17) is 29.7 Å². The molecule has 4 aromatic rings. The Morgan fingerprint density at radius 3 is 2.12 bits per heavy atom. The number of aromatic nitrogens is 3. The van der Waals surface area contributed by atoms with Crippen molar-refractivity contribution in [1.29, 1.82) is 0 Å². The first kappa shape index (κ1) is 21.2. The van der Waals surface area contributed by atoms with Crippen molar-refractivity contribution in [3.63, 3.8) is 0 Å². The predicted molar refractivity (Wildman–Crippen MR) is 123 cm³/mol. The summed E-state index contributed by atoms with van der Waals surface area (Å²) >= 11 is 0. The number of rotatable bonds is 7. The highest BCUT2D eigenvalue weighted by Gasteiger charge is 2.18. The van der Waals surface area contributed by atoms with Crippen LogP contribution in [-0.4, -0.2) is 42.9 Å². The van der Waals surface area contributed by atoms with E-state index in [1.54, 1.807) is 21.3 Å². The summed E-state index contributed by atoms with van der Waals surface area (Å²) in [6.07, 6.45) is 1.41. The Morgan fingerprint density at radius 2 is 1.53 bits per heavy atom. The number of fused-ring (bicyclic) bond motifs is 1. The first-order valence-corrected chi connectivity index (χ1v) is 10.0. The Bertz CT molecular complexity index is 1230. The van der Waals surface area contributed by atoms with Crippen LogP contribution in [0.4, 0.5) is 5.82 Å². The van der Waals surface area contributed by atoms with Gasteiger partial charge in [0.2, 0.25) is 5.75 Å². The molecule has 8 heteroatoms. The van der Waals surface area contributed by atoms with Crippen LogP contribution >= 0.6 is 0 Å². The Kier molecular flexibility index (Phi) is 5.93. The molecular formula is C24H24N4O4. The van der Waals surface area contributed by atoms with Crippen molar-refractivity contribution in [3.05, 3.63) is 48.8 Å². The topological polar surface area (TPSA) is 102 Å². The summed E-state index contributed by atoms with van der Waals surface area (Å²) in [5.74, 6) is 2.74. The average molecular weight is 432 g/mol. The molecule has 0 bridgehead atoms. The Labute approximate surface area is 186 Å². The van der Waals surface area contributed by atoms with Crippen molar-refractivity contribution < 1.29 is 18.9 Å². The van der Waals surface area contributed by atoms with Gasteiger partial charge in [-0.3, -0.25) is 0 Å². The summed E-state index contributed by atoms with van der Waals surface area (Å²) in [6.45, 7) is 2.55. The van der Waals surface area contributed by atoms with Gasteiger partial charge in [0, 0.05) is 5.56 Å². The Morgan fingerprint density at radius 1 is 0.844 bits per heavy atom. The van der Waals surface area contributed by atoms with Crippen LogP contribution in [-0.2, 0) is 0 Å². The van der Waals surface area contributed by atoms with Crippen LogP contribution in [0.25, 0.3) is 33.4 Å². The van der Waals surface area contributed by atoms with E-state index in [1.807, 2.05) is 49.4 Å². The first-order valence-electron chi connectivity index (χ1n) is 10.0. The highest BCUT2D eigenvalue weighted by molar-refractivity contribution is 6.01. The van der Waals surface area contributed by atoms with Gasteiger partial charge in [0.1, 0.15) is 17.9 Å². The van der Waals surface area contributed by atoms with Crippen molar-refractivity contribution in [2.75, 3.05) is 33.7 Å². The lowest BCUT2D eigenvalue weighted by Crippen LogP contribution is -2.00. The Hall–Kier alpha value is -4.07. The zero-order valence-electron chi connectivity index (χ0n) is 18.4. The van der Waals surface area contributed by atoms with Gasteiger partial charge < -0.3 is 24.7 Å². The van der Waals surface area contributed by atoms with Crippen LogP contribution in [0.15, 0.2) is 48.8 Å². The van der Waals surface area contributed by atoms with Gasteiger partial charge in [0.05, 0.1) is 39.0 Å². The average Bonchev–Trinajstić information content (AvgIpc) is 2.83. The zero-order valence-corrected chi connectivity index (χ0v) is 18.4. The van der Waals surface area contributed by atoms with Crippen LogP contribution in [0.5, 0.6) is 23.0 Å². The highest BCUT2D eigenvalue weighted by atomic mass is 16.5. The summed E-state index contributed by atoms with van der Waals surface area (Å²) in [6, 6.07) is 13.5. The van der Waals surface area contributed by atoms with E-state index < -0.39 is 0 Å². The molecule has 32 heavy (non-hydrogen) atoms. The van der Waals surface area contributed by atoms with Crippen molar-refractivity contribution in [2.45, 2.75) is 6.92 Å². The van der Waals surface area contributed by atoms with E-state index in [1.165, 1.54) is 6.33 Å². The minimum Gasteiger partial charge on any atom is -0.494 e. The molecule has 0 saturated heterocycles. The van der Waals surface area contributed by atoms with Crippen LogP contribution in [0.1, 0.15) is 6.92 Å². The number of anilines is 1. The van der Waals surface area contributed by atoms with E-state index in [0.717, 1.165) is 22.4 Å². The van der Waals surface area contributed by atoms with Gasteiger partial charge in [-0.05, 0) is 48.4 Å². The lowest BCUT2D eigenvalue weighted by molar-refractivity contribution is 0.324. The lowest BCUT2D eigenvalue weighted by atomic mass is 9.99. The number of hydrogen-bond donors (Lipinski definition) is 1. The molecule has 0 aliphatic rings. The molecule has 0 amide bonds. The summed E-state index contributed by atoms with van der Waals surface area (Å²) in [5.41, 5.74) is 9.98.